The van der Waals surface area contributed by atoms with E-state index in [-0.39, 0.29) is 5.91 Å². The minimum Gasteiger partial charge on any atom is -0.272 e. The zero-order valence-corrected chi connectivity index (χ0v) is 15.3. The standard InChI is InChI=1S/C21H16Cl2N2O/c22-18-11-15(12-19(23)13-18)14-24-25-21(26)20(16-7-3-1-4-8-16)17-9-5-2-6-10-17/h1-14,20H,(H,25,26)/b24-14+. The number of hydrogen-bond acceptors (Lipinski definition) is 2. The molecule has 0 saturated carbocycles. The minimum atomic E-state index is -0.447. The Morgan fingerprint density at radius 1 is 0.846 bits per heavy atom. The molecule has 3 aromatic rings. The van der Waals surface area contributed by atoms with Gasteiger partial charge in [-0.15, -0.1) is 0 Å². The van der Waals surface area contributed by atoms with Gasteiger partial charge in [-0.05, 0) is 34.9 Å². The molecule has 3 aromatic carbocycles. The topological polar surface area (TPSA) is 41.5 Å². The number of carbonyl (C=O) groups is 1. The van der Waals surface area contributed by atoms with E-state index in [9.17, 15) is 4.79 Å². The van der Waals surface area contributed by atoms with Crippen LogP contribution in [0.2, 0.25) is 10.0 Å². The molecule has 0 saturated heterocycles. The quantitative estimate of drug-likeness (QED) is 0.473. The first kappa shape index (κ1) is 18.2. The Bertz CT molecular complexity index is 852. The van der Waals surface area contributed by atoms with E-state index in [1.165, 1.54) is 6.21 Å². The second kappa shape index (κ2) is 8.65. The van der Waals surface area contributed by atoms with Gasteiger partial charge in [-0.2, -0.15) is 5.10 Å². The second-order valence-electron chi connectivity index (χ2n) is 5.69. The molecule has 3 nitrogen and oxygen atoms in total. The van der Waals surface area contributed by atoms with Gasteiger partial charge in [-0.25, -0.2) is 5.43 Å². The van der Waals surface area contributed by atoms with Gasteiger partial charge in [0.2, 0.25) is 0 Å². The number of halogens is 2. The number of hydrazone groups is 1. The molecule has 1 N–H and O–H groups in total. The SMILES string of the molecule is O=C(N/N=C/c1cc(Cl)cc(Cl)c1)C(c1ccccc1)c1ccccc1. The van der Waals surface area contributed by atoms with Gasteiger partial charge in [-0.1, -0.05) is 83.9 Å². The smallest absolute Gasteiger partial charge is 0.252 e. The van der Waals surface area contributed by atoms with E-state index in [4.69, 9.17) is 23.2 Å². The van der Waals surface area contributed by atoms with Crippen LogP contribution in [-0.4, -0.2) is 12.1 Å². The summed E-state index contributed by atoms with van der Waals surface area (Å²) in [5.41, 5.74) is 5.12. The molecule has 5 heteroatoms. The van der Waals surface area contributed by atoms with E-state index >= 15 is 0 Å². The molecule has 0 aliphatic heterocycles. The van der Waals surface area contributed by atoms with Crippen molar-refractivity contribution in [3.05, 3.63) is 106 Å². The number of carbonyl (C=O) groups excluding carboxylic acids is 1. The average molecular weight is 383 g/mol. The summed E-state index contributed by atoms with van der Waals surface area (Å²) in [6.45, 7) is 0. The van der Waals surface area contributed by atoms with Crippen molar-refractivity contribution >= 4 is 35.3 Å². The minimum absolute atomic E-state index is 0.216. The van der Waals surface area contributed by atoms with Gasteiger partial charge in [-0.3, -0.25) is 4.79 Å². The van der Waals surface area contributed by atoms with Gasteiger partial charge < -0.3 is 0 Å². The molecule has 0 heterocycles. The van der Waals surface area contributed by atoms with Crippen LogP contribution in [-0.2, 0) is 4.79 Å². The van der Waals surface area contributed by atoms with Crippen molar-refractivity contribution in [3.8, 4) is 0 Å². The number of nitrogens with one attached hydrogen (secondary N) is 1. The molecular formula is C21H16Cl2N2O. The number of rotatable bonds is 5. The van der Waals surface area contributed by atoms with E-state index in [0.717, 1.165) is 11.1 Å². The lowest BCUT2D eigenvalue weighted by atomic mass is 9.91. The molecule has 26 heavy (non-hydrogen) atoms. The van der Waals surface area contributed by atoms with Crippen LogP contribution in [0.4, 0.5) is 0 Å². The van der Waals surface area contributed by atoms with Crippen molar-refractivity contribution in [2.75, 3.05) is 0 Å². The fraction of sp³-hybridized carbons (Fsp3) is 0.0476. The maximum atomic E-state index is 12.8. The molecule has 0 aromatic heterocycles. The summed E-state index contributed by atoms with van der Waals surface area (Å²) in [5.74, 6) is -0.663. The van der Waals surface area contributed by atoms with Crippen LogP contribution in [0.15, 0.2) is 84.0 Å². The lowest BCUT2D eigenvalue weighted by molar-refractivity contribution is -0.121. The van der Waals surface area contributed by atoms with E-state index in [0.29, 0.717) is 15.6 Å². The molecule has 0 aliphatic carbocycles. The zero-order chi connectivity index (χ0) is 18.4. The van der Waals surface area contributed by atoms with Gasteiger partial charge in [0.1, 0.15) is 0 Å². The van der Waals surface area contributed by atoms with Gasteiger partial charge in [0.15, 0.2) is 0 Å². The summed E-state index contributed by atoms with van der Waals surface area (Å²) in [5, 5.41) is 5.08. The highest BCUT2D eigenvalue weighted by molar-refractivity contribution is 6.35. The molecule has 0 radical (unpaired) electrons. The molecule has 0 bridgehead atoms. The predicted molar refractivity (Wildman–Crippen MR) is 107 cm³/mol. The maximum absolute atomic E-state index is 12.8. The number of nitrogens with zero attached hydrogens (tertiary/aromatic N) is 1. The Labute approximate surface area is 162 Å². The summed E-state index contributed by atoms with van der Waals surface area (Å²) in [7, 11) is 0. The molecule has 130 valence electrons. The molecule has 1 amide bonds. The Morgan fingerprint density at radius 3 is 1.85 bits per heavy atom. The highest BCUT2D eigenvalue weighted by Gasteiger charge is 2.22. The van der Waals surface area contributed by atoms with E-state index < -0.39 is 5.92 Å². The van der Waals surface area contributed by atoms with Crippen LogP contribution >= 0.6 is 23.2 Å². The first-order valence-electron chi connectivity index (χ1n) is 8.02. The summed E-state index contributed by atoms with van der Waals surface area (Å²) in [6, 6.07) is 24.3. The predicted octanol–water partition coefficient (Wildman–Crippen LogP) is 5.28. The summed E-state index contributed by atoms with van der Waals surface area (Å²) < 4.78 is 0. The maximum Gasteiger partial charge on any atom is 0.252 e. The first-order valence-corrected chi connectivity index (χ1v) is 8.78. The van der Waals surface area contributed by atoms with Gasteiger partial charge >= 0.3 is 0 Å². The van der Waals surface area contributed by atoms with Crippen molar-refractivity contribution in [2.24, 2.45) is 5.10 Å². The second-order valence-corrected chi connectivity index (χ2v) is 6.56. The summed E-state index contributed by atoms with van der Waals surface area (Å²) in [6.07, 6.45) is 1.52. The lowest BCUT2D eigenvalue weighted by Gasteiger charge is -2.16. The largest absolute Gasteiger partial charge is 0.272 e. The normalized spacial score (nSPS) is 11.0. The van der Waals surface area contributed by atoms with Crippen molar-refractivity contribution in [2.45, 2.75) is 5.92 Å². The van der Waals surface area contributed by atoms with Gasteiger partial charge in [0.05, 0.1) is 12.1 Å². The third-order valence-corrected chi connectivity index (χ3v) is 4.24. The molecule has 0 spiro atoms. The van der Waals surface area contributed by atoms with Gasteiger partial charge in [0.25, 0.3) is 5.91 Å². The Hall–Kier alpha value is -2.62. The van der Waals surface area contributed by atoms with E-state index in [1.54, 1.807) is 18.2 Å². The Morgan fingerprint density at radius 2 is 1.35 bits per heavy atom. The van der Waals surface area contributed by atoms with Crippen molar-refractivity contribution in [1.82, 2.24) is 5.43 Å². The fourth-order valence-corrected chi connectivity index (χ4v) is 3.21. The zero-order valence-electron chi connectivity index (χ0n) is 13.8. The van der Waals surface area contributed by atoms with E-state index in [2.05, 4.69) is 10.5 Å². The molecule has 0 fully saturated rings. The van der Waals surface area contributed by atoms with Crippen molar-refractivity contribution in [1.29, 1.82) is 0 Å². The van der Waals surface area contributed by atoms with Crippen LogP contribution in [0.1, 0.15) is 22.6 Å². The van der Waals surface area contributed by atoms with Crippen LogP contribution < -0.4 is 5.43 Å². The average Bonchev–Trinajstić information content (AvgIpc) is 2.63. The monoisotopic (exact) mass is 382 g/mol. The van der Waals surface area contributed by atoms with Gasteiger partial charge in [0, 0.05) is 10.0 Å². The molecule has 0 aliphatic rings. The van der Waals surface area contributed by atoms with Crippen molar-refractivity contribution < 1.29 is 4.79 Å². The number of benzene rings is 3. The number of amides is 1. The molecular weight excluding hydrogens is 367 g/mol. The third-order valence-electron chi connectivity index (χ3n) is 3.80. The summed E-state index contributed by atoms with van der Waals surface area (Å²) in [4.78, 5) is 12.8. The van der Waals surface area contributed by atoms with Crippen LogP contribution in [0, 0.1) is 0 Å². The Kier molecular flexibility index (Phi) is 6.05. The Balaban J connectivity index is 1.81. The van der Waals surface area contributed by atoms with Crippen molar-refractivity contribution in [3.63, 3.8) is 0 Å². The summed E-state index contributed by atoms with van der Waals surface area (Å²) >= 11 is 11.9. The lowest BCUT2D eigenvalue weighted by Crippen LogP contribution is -2.26. The highest BCUT2D eigenvalue weighted by Crippen LogP contribution is 2.24. The number of hydrogen-bond donors (Lipinski definition) is 1. The van der Waals surface area contributed by atoms with Crippen LogP contribution in [0.5, 0.6) is 0 Å². The fourth-order valence-electron chi connectivity index (χ4n) is 2.67. The third kappa shape index (κ3) is 4.72. The van der Waals surface area contributed by atoms with E-state index in [1.807, 2.05) is 60.7 Å². The molecule has 0 unspecified atom stereocenters. The van der Waals surface area contributed by atoms with Crippen LogP contribution in [0.25, 0.3) is 0 Å². The molecule has 0 atom stereocenters. The van der Waals surface area contributed by atoms with Crippen LogP contribution in [0.3, 0.4) is 0 Å². The molecule has 3 rings (SSSR count). The first-order chi connectivity index (χ1) is 12.6. The highest BCUT2D eigenvalue weighted by atomic mass is 35.5.